The van der Waals surface area contributed by atoms with Crippen LogP contribution in [0, 0.1) is 0 Å². The van der Waals surface area contributed by atoms with Crippen molar-refractivity contribution in [1.29, 1.82) is 0 Å². The molecule has 0 aromatic heterocycles. The van der Waals surface area contributed by atoms with Crippen molar-refractivity contribution in [3.8, 4) is 17.2 Å². The molecule has 0 fully saturated rings. The molecule has 0 spiro atoms. The maximum absolute atomic E-state index is 5.46. The summed E-state index contributed by atoms with van der Waals surface area (Å²) in [6, 6.07) is 3.47. The van der Waals surface area contributed by atoms with Crippen LogP contribution in [0.4, 0.5) is 0 Å². The average molecular weight is 288 g/mol. The zero-order valence-electron chi connectivity index (χ0n) is 12.1. The zero-order valence-corrected chi connectivity index (χ0v) is 13.1. The van der Waals surface area contributed by atoms with Crippen molar-refractivity contribution >= 4 is 14.0 Å². The van der Waals surface area contributed by atoms with Crippen molar-refractivity contribution in [2.24, 2.45) is 0 Å². The fourth-order valence-electron chi connectivity index (χ4n) is 1.85. The molecule has 0 radical (unpaired) electrons. The van der Waals surface area contributed by atoms with Crippen molar-refractivity contribution < 1.29 is 27.5 Å². The summed E-state index contributed by atoms with van der Waals surface area (Å²) in [5, 5.41) is 0.681. The molecule has 7 heteroatoms. The summed E-state index contributed by atoms with van der Waals surface area (Å²) in [5.74, 6) is 1.69. The van der Waals surface area contributed by atoms with Crippen molar-refractivity contribution in [3.63, 3.8) is 0 Å². The van der Waals surface area contributed by atoms with Crippen LogP contribution in [0.2, 0.25) is 0 Å². The number of hydrogen-bond acceptors (Lipinski definition) is 6. The molecule has 19 heavy (non-hydrogen) atoms. The van der Waals surface area contributed by atoms with E-state index in [-0.39, 0.29) is 0 Å². The Morgan fingerprint density at radius 1 is 0.632 bits per heavy atom. The molecule has 0 aliphatic rings. The molecular formula is C12H20O6Si. The number of ether oxygens (including phenoxy) is 3. The molecule has 1 aromatic rings. The van der Waals surface area contributed by atoms with E-state index in [0.717, 1.165) is 0 Å². The lowest BCUT2D eigenvalue weighted by molar-refractivity contribution is 0.139. The van der Waals surface area contributed by atoms with Crippen molar-refractivity contribution in [3.05, 3.63) is 12.1 Å². The molecule has 0 atom stereocenters. The van der Waals surface area contributed by atoms with E-state index < -0.39 is 8.80 Å². The highest BCUT2D eigenvalue weighted by Crippen LogP contribution is 2.31. The monoisotopic (exact) mass is 288 g/mol. The third-order valence-corrected chi connectivity index (χ3v) is 5.50. The fraction of sp³-hybridized carbons (Fsp3) is 0.500. The number of hydrogen-bond donors (Lipinski definition) is 0. The van der Waals surface area contributed by atoms with Crippen LogP contribution in [-0.4, -0.2) is 51.5 Å². The van der Waals surface area contributed by atoms with Crippen molar-refractivity contribution in [2.45, 2.75) is 0 Å². The van der Waals surface area contributed by atoms with Gasteiger partial charge in [-0.15, -0.1) is 0 Å². The average Bonchev–Trinajstić information content (AvgIpc) is 2.48. The third-order valence-electron chi connectivity index (χ3n) is 2.84. The molecule has 1 aromatic carbocycles. The van der Waals surface area contributed by atoms with Gasteiger partial charge in [-0.25, -0.2) is 0 Å². The maximum atomic E-state index is 5.46. The van der Waals surface area contributed by atoms with Crippen LogP contribution in [0.25, 0.3) is 0 Å². The quantitative estimate of drug-likeness (QED) is 0.692. The minimum Gasteiger partial charge on any atom is -0.496 e. The van der Waals surface area contributed by atoms with Gasteiger partial charge < -0.3 is 27.5 Å². The van der Waals surface area contributed by atoms with Crippen LogP contribution in [0.1, 0.15) is 0 Å². The van der Waals surface area contributed by atoms with E-state index in [0.29, 0.717) is 22.4 Å². The van der Waals surface area contributed by atoms with E-state index in [1.165, 1.54) is 21.3 Å². The Bertz CT molecular complexity index is 411. The van der Waals surface area contributed by atoms with E-state index in [1.807, 2.05) is 0 Å². The molecule has 0 N–H and O–H groups in total. The van der Waals surface area contributed by atoms with Crippen LogP contribution in [0.5, 0.6) is 17.2 Å². The summed E-state index contributed by atoms with van der Waals surface area (Å²) < 4.78 is 32.2. The van der Waals surface area contributed by atoms with Gasteiger partial charge in [0, 0.05) is 27.4 Å². The zero-order chi connectivity index (χ0) is 14.5. The van der Waals surface area contributed by atoms with Gasteiger partial charge >= 0.3 is 8.80 Å². The Labute approximate surface area is 114 Å². The van der Waals surface area contributed by atoms with Gasteiger partial charge in [0.2, 0.25) is 0 Å². The molecule has 0 saturated carbocycles. The fourth-order valence-corrected chi connectivity index (χ4v) is 3.79. The van der Waals surface area contributed by atoms with Gasteiger partial charge in [0.15, 0.2) is 11.5 Å². The number of methoxy groups -OCH3 is 3. The lowest BCUT2D eigenvalue weighted by atomic mass is 10.3. The molecule has 0 amide bonds. The molecule has 0 aliphatic heterocycles. The Hall–Kier alpha value is -1.28. The smallest absolute Gasteiger partial charge is 0.496 e. The summed E-state index contributed by atoms with van der Waals surface area (Å²) in [7, 11) is 6.29. The van der Waals surface area contributed by atoms with Gasteiger partial charge in [-0.2, -0.15) is 0 Å². The van der Waals surface area contributed by atoms with Gasteiger partial charge in [-0.05, 0) is 6.07 Å². The largest absolute Gasteiger partial charge is 0.540 e. The minimum atomic E-state index is -3.00. The summed E-state index contributed by atoms with van der Waals surface area (Å²) in [6.07, 6.45) is 0. The van der Waals surface area contributed by atoms with Gasteiger partial charge in [-0.1, -0.05) is 0 Å². The Morgan fingerprint density at radius 3 is 1.42 bits per heavy atom. The van der Waals surface area contributed by atoms with Crippen LogP contribution in [0.3, 0.4) is 0 Å². The lowest BCUT2D eigenvalue weighted by Gasteiger charge is -2.26. The lowest BCUT2D eigenvalue weighted by Crippen LogP contribution is -2.55. The first-order chi connectivity index (χ1) is 9.12. The van der Waals surface area contributed by atoms with E-state index >= 15 is 0 Å². The van der Waals surface area contributed by atoms with Crippen LogP contribution in [0.15, 0.2) is 12.1 Å². The molecule has 0 bridgehead atoms. The van der Waals surface area contributed by atoms with E-state index in [2.05, 4.69) is 0 Å². The summed E-state index contributed by atoms with van der Waals surface area (Å²) in [6.45, 7) is 0. The Kier molecular flexibility index (Phi) is 5.61. The molecule has 0 unspecified atom stereocenters. The first kappa shape index (κ1) is 15.8. The Balaban J connectivity index is 3.47. The molecule has 0 saturated heterocycles. The molecule has 108 valence electrons. The van der Waals surface area contributed by atoms with Gasteiger partial charge in [0.25, 0.3) is 0 Å². The van der Waals surface area contributed by atoms with E-state index in [4.69, 9.17) is 27.5 Å². The van der Waals surface area contributed by atoms with E-state index in [1.54, 1.807) is 33.5 Å². The third kappa shape index (κ3) is 2.84. The molecule has 1 rings (SSSR count). The van der Waals surface area contributed by atoms with Gasteiger partial charge in [-0.3, -0.25) is 0 Å². The van der Waals surface area contributed by atoms with Crippen LogP contribution in [-0.2, 0) is 13.3 Å². The molecule has 0 aliphatic carbocycles. The Morgan fingerprint density at radius 2 is 1.05 bits per heavy atom. The van der Waals surface area contributed by atoms with Crippen LogP contribution < -0.4 is 19.4 Å². The maximum Gasteiger partial charge on any atom is 0.540 e. The van der Waals surface area contributed by atoms with Crippen molar-refractivity contribution in [2.75, 3.05) is 42.7 Å². The summed E-state index contributed by atoms with van der Waals surface area (Å²) in [5.41, 5.74) is 0. The molecular weight excluding hydrogens is 268 g/mol. The topological polar surface area (TPSA) is 55.4 Å². The second-order valence-electron chi connectivity index (χ2n) is 3.58. The van der Waals surface area contributed by atoms with Gasteiger partial charge in [0.1, 0.15) is 5.75 Å². The van der Waals surface area contributed by atoms with Crippen LogP contribution >= 0.6 is 0 Å². The highest BCUT2D eigenvalue weighted by atomic mass is 28.4. The second kappa shape index (κ2) is 6.76. The van der Waals surface area contributed by atoms with Gasteiger partial charge in [0.05, 0.1) is 26.5 Å². The highest BCUT2D eigenvalue weighted by Gasteiger charge is 2.44. The molecule has 0 heterocycles. The predicted octanol–water partition coefficient (Wildman–Crippen LogP) is 0.797. The second-order valence-corrected chi connectivity index (χ2v) is 6.45. The summed E-state index contributed by atoms with van der Waals surface area (Å²) >= 11 is 0. The first-order valence-corrected chi connectivity index (χ1v) is 7.30. The predicted molar refractivity (Wildman–Crippen MR) is 72.5 cm³/mol. The SMILES string of the molecule is COc1cc(OC)c([Si](OC)(OC)OC)cc1OC. The van der Waals surface area contributed by atoms with E-state index in [9.17, 15) is 0 Å². The normalized spacial score (nSPS) is 11.3. The first-order valence-electron chi connectivity index (χ1n) is 5.58. The summed E-state index contributed by atoms with van der Waals surface area (Å²) in [4.78, 5) is 0. The molecule has 6 nitrogen and oxygen atoms in total. The number of rotatable bonds is 7. The standard InChI is InChI=1S/C12H20O6Si/c1-13-9-7-11(15-3)12(8-10(9)14-2)19(16-4,17-5)18-6/h7-8H,1-6H3. The number of benzene rings is 1. The highest BCUT2D eigenvalue weighted by molar-refractivity contribution is 6.76. The minimum absolute atomic E-state index is 0.557. The van der Waals surface area contributed by atoms with Crippen molar-refractivity contribution in [1.82, 2.24) is 0 Å².